The highest BCUT2D eigenvalue weighted by atomic mass is 35.5. The molecule has 0 amide bonds. The van der Waals surface area contributed by atoms with Gasteiger partial charge in [-0.2, -0.15) is 0 Å². The maximum Gasteiger partial charge on any atom is 0.328 e. The number of aromatic nitrogens is 1. The van der Waals surface area contributed by atoms with Crippen LogP contribution in [0.5, 0.6) is 17.2 Å². The van der Waals surface area contributed by atoms with Gasteiger partial charge in [-0.1, -0.05) is 36.7 Å². The van der Waals surface area contributed by atoms with Gasteiger partial charge < -0.3 is 24.6 Å². The predicted octanol–water partition coefficient (Wildman–Crippen LogP) is 4.67. The molecule has 0 radical (unpaired) electrons. The first-order chi connectivity index (χ1) is 15.8. The molecule has 9 heteroatoms. The molecule has 2 N–H and O–H groups in total. The van der Waals surface area contributed by atoms with Crippen LogP contribution in [0.2, 0.25) is 5.02 Å². The third-order valence-electron chi connectivity index (χ3n) is 5.74. The van der Waals surface area contributed by atoms with Crippen LogP contribution in [0.3, 0.4) is 0 Å². The molecule has 0 saturated heterocycles. The summed E-state index contributed by atoms with van der Waals surface area (Å²) in [6.45, 7) is 3.49. The molecule has 0 unspecified atom stereocenters. The number of halogens is 1. The first-order valence-electron chi connectivity index (χ1n) is 11.0. The number of carbonyl (C=O) groups excluding carboxylic acids is 1. The van der Waals surface area contributed by atoms with Gasteiger partial charge in [0.15, 0.2) is 11.5 Å². The fourth-order valence-corrected chi connectivity index (χ4v) is 4.43. The standard InChI is InChI=1S/C24H29ClN2O5S/c1-14(27-23(33)20-21(28)19(30-3)12-13-26-20)24(29)31-15(2)22(16-6-4-5-7-16)32-18-10-8-17(25)9-11-18/h8-16,22,28H,4-7H2,1-3H3,(H,27,33)/t14-,15-,22-/m0/s1. The summed E-state index contributed by atoms with van der Waals surface area (Å²) in [5.41, 5.74) is 0.131. The van der Waals surface area contributed by atoms with Crippen molar-refractivity contribution < 1.29 is 24.1 Å². The quantitative estimate of drug-likeness (QED) is 0.385. The number of hydrogen-bond acceptors (Lipinski definition) is 7. The number of esters is 1. The Balaban J connectivity index is 1.64. The Bertz CT molecular complexity index is 966. The second-order valence-corrected chi connectivity index (χ2v) is 8.97. The van der Waals surface area contributed by atoms with Crippen LogP contribution >= 0.6 is 23.8 Å². The van der Waals surface area contributed by atoms with Gasteiger partial charge >= 0.3 is 5.97 Å². The third-order valence-corrected chi connectivity index (χ3v) is 6.30. The molecular formula is C24H29ClN2O5S. The number of ether oxygens (including phenoxy) is 3. The summed E-state index contributed by atoms with van der Waals surface area (Å²) in [7, 11) is 1.43. The SMILES string of the molecule is COc1ccnc(C(=S)N[C@@H](C)C(=O)O[C@@H](C)[C@H](Oc2ccc(Cl)cc2)C2CCCC2)c1O. The number of nitrogens with zero attached hydrogens (tertiary/aromatic N) is 1. The van der Waals surface area contributed by atoms with E-state index in [1.54, 1.807) is 19.1 Å². The van der Waals surface area contributed by atoms with Crippen molar-refractivity contribution in [1.82, 2.24) is 10.3 Å². The van der Waals surface area contributed by atoms with E-state index in [1.165, 1.54) is 19.4 Å². The summed E-state index contributed by atoms with van der Waals surface area (Å²) in [6.07, 6.45) is 5.04. The lowest BCUT2D eigenvalue weighted by Crippen LogP contribution is -2.44. The molecule has 0 spiro atoms. The fraction of sp³-hybridized carbons (Fsp3) is 0.458. The van der Waals surface area contributed by atoms with E-state index in [-0.39, 0.29) is 28.3 Å². The van der Waals surface area contributed by atoms with E-state index in [0.29, 0.717) is 16.7 Å². The van der Waals surface area contributed by atoms with Crippen LogP contribution in [0, 0.1) is 5.92 Å². The molecule has 1 heterocycles. The molecule has 3 atom stereocenters. The zero-order chi connectivity index (χ0) is 24.0. The van der Waals surface area contributed by atoms with Gasteiger partial charge in [0, 0.05) is 17.3 Å². The zero-order valence-electron chi connectivity index (χ0n) is 18.9. The van der Waals surface area contributed by atoms with Crippen molar-refractivity contribution in [3.8, 4) is 17.2 Å². The predicted molar refractivity (Wildman–Crippen MR) is 130 cm³/mol. The van der Waals surface area contributed by atoms with Crippen LogP contribution < -0.4 is 14.8 Å². The number of nitrogens with one attached hydrogen (secondary N) is 1. The van der Waals surface area contributed by atoms with Crippen molar-refractivity contribution in [1.29, 1.82) is 0 Å². The number of rotatable bonds is 9. The number of methoxy groups -OCH3 is 1. The third kappa shape index (κ3) is 6.48. The van der Waals surface area contributed by atoms with Crippen LogP contribution in [0.25, 0.3) is 0 Å². The first-order valence-corrected chi connectivity index (χ1v) is 11.7. The number of thiocarbonyl (C=S) groups is 1. The molecule has 178 valence electrons. The highest BCUT2D eigenvalue weighted by molar-refractivity contribution is 7.80. The van der Waals surface area contributed by atoms with Crippen LogP contribution in [-0.2, 0) is 9.53 Å². The van der Waals surface area contributed by atoms with Gasteiger partial charge in [-0.05, 0) is 56.9 Å². The minimum atomic E-state index is -0.757. The van der Waals surface area contributed by atoms with Gasteiger partial charge in [-0.25, -0.2) is 9.78 Å². The first kappa shape index (κ1) is 25.1. The number of pyridine rings is 1. The van der Waals surface area contributed by atoms with Gasteiger partial charge in [-0.15, -0.1) is 0 Å². The molecule has 33 heavy (non-hydrogen) atoms. The molecule has 1 aliphatic rings. The van der Waals surface area contributed by atoms with Gasteiger partial charge in [-0.3, -0.25) is 0 Å². The Kier molecular flexibility index (Phi) is 8.74. The molecule has 3 rings (SSSR count). The number of benzene rings is 1. The average molecular weight is 493 g/mol. The lowest BCUT2D eigenvalue weighted by molar-refractivity contribution is -0.156. The van der Waals surface area contributed by atoms with E-state index >= 15 is 0 Å². The summed E-state index contributed by atoms with van der Waals surface area (Å²) >= 11 is 11.3. The number of hydrogen-bond donors (Lipinski definition) is 2. The van der Waals surface area contributed by atoms with Crippen LogP contribution in [0.4, 0.5) is 0 Å². The maximum atomic E-state index is 12.8. The molecule has 2 aromatic rings. The lowest BCUT2D eigenvalue weighted by Gasteiger charge is -2.30. The van der Waals surface area contributed by atoms with E-state index in [9.17, 15) is 9.90 Å². The van der Waals surface area contributed by atoms with Crippen molar-refractivity contribution in [2.45, 2.75) is 57.8 Å². The summed E-state index contributed by atoms with van der Waals surface area (Å²) in [4.78, 5) is 17.0. The topological polar surface area (TPSA) is 89.9 Å². The summed E-state index contributed by atoms with van der Waals surface area (Å²) in [5.74, 6) is 0.558. The van der Waals surface area contributed by atoms with Crippen molar-refractivity contribution in [2.24, 2.45) is 5.92 Å². The summed E-state index contributed by atoms with van der Waals surface area (Å²) < 4.78 is 17.1. The Morgan fingerprint density at radius 1 is 1.21 bits per heavy atom. The lowest BCUT2D eigenvalue weighted by atomic mass is 9.96. The van der Waals surface area contributed by atoms with Crippen molar-refractivity contribution >= 4 is 34.8 Å². The highest BCUT2D eigenvalue weighted by Gasteiger charge is 2.34. The summed E-state index contributed by atoms with van der Waals surface area (Å²) in [6, 6.07) is 7.93. The van der Waals surface area contributed by atoms with Crippen molar-refractivity contribution in [2.75, 3.05) is 7.11 Å². The second kappa shape index (κ2) is 11.5. The largest absolute Gasteiger partial charge is 0.503 e. The molecule has 7 nitrogen and oxygen atoms in total. The Morgan fingerprint density at radius 3 is 2.52 bits per heavy atom. The minimum absolute atomic E-state index is 0.119. The molecule has 0 bridgehead atoms. The Labute approximate surface area is 204 Å². The molecule has 1 aromatic carbocycles. The Morgan fingerprint density at radius 2 is 1.88 bits per heavy atom. The minimum Gasteiger partial charge on any atom is -0.503 e. The molecule has 1 saturated carbocycles. The molecule has 1 aliphatic carbocycles. The highest BCUT2D eigenvalue weighted by Crippen LogP contribution is 2.33. The molecule has 1 fully saturated rings. The normalized spacial score (nSPS) is 16.5. The second-order valence-electron chi connectivity index (χ2n) is 8.13. The summed E-state index contributed by atoms with van der Waals surface area (Å²) in [5, 5.41) is 13.8. The van der Waals surface area contributed by atoms with Gasteiger partial charge in [0.1, 0.15) is 34.7 Å². The van der Waals surface area contributed by atoms with E-state index in [2.05, 4.69) is 10.3 Å². The van der Waals surface area contributed by atoms with E-state index < -0.39 is 18.1 Å². The molecule has 0 aliphatic heterocycles. The van der Waals surface area contributed by atoms with Gasteiger partial charge in [0.25, 0.3) is 0 Å². The number of carbonyl (C=O) groups is 1. The average Bonchev–Trinajstić information content (AvgIpc) is 3.33. The van der Waals surface area contributed by atoms with Crippen molar-refractivity contribution in [3.05, 3.63) is 47.2 Å². The van der Waals surface area contributed by atoms with Gasteiger partial charge in [0.2, 0.25) is 0 Å². The zero-order valence-corrected chi connectivity index (χ0v) is 20.5. The van der Waals surface area contributed by atoms with Crippen LogP contribution in [0.1, 0.15) is 45.2 Å². The fourth-order valence-electron chi connectivity index (χ4n) is 3.97. The van der Waals surface area contributed by atoms with Crippen LogP contribution in [-0.4, -0.2) is 46.4 Å². The smallest absolute Gasteiger partial charge is 0.328 e. The monoisotopic (exact) mass is 492 g/mol. The van der Waals surface area contributed by atoms with E-state index in [0.717, 1.165) is 25.7 Å². The van der Waals surface area contributed by atoms with E-state index in [1.807, 2.05) is 19.1 Å². The van der Waals surface area contributed by atoms with E-state index in [4.69, 9.17) is 38.0 Å². The number of aromatic hydroxyl groups is 1. The Hall–Kier alpha value is -2.58. The molecule has 1 aromatic heterocycles. The molecular weight excluding hydrogens is 464 g/mol. The van der Waals surface area contributed by atoms with Crippen molar-refractivity contribution in [3.63, 3.8) is 0 Å². The maximum absolute atomic E-state index is 12.8. The van der Waals surface area contributed by atoms with Gasteiger partial charge in [0.05, 0.1) is 7.11 Å². The van der Waals surface area contributed by atoms with Crippen LogP contribution in [0.15, 0.2) is 36.5 Å².